The van der Waals surface area contributed by atoms with E-state index in [1.165, 1.54) is 24.8 Å². The molecule has 2 N–H and O–H groups in total. The minimum atomic E-state index is -1.14. The smallest absolute Gasteiger partial charge is 0.246 e. The number of rotatable bonds is 10. The third kappa shape index (κ3) is 6.24. The lowest BCUT2D eigenvalue weighted by molar-refractivity contribution is -0.141. The molecule has 5 aliphatic rings. The standard InChI is InChI=1S/C37H45ClN4O4/c38-27-12-14-29(15-13-27)39-34(43)31-30-16-19-37(46-30)32(31)36(45)42(33(37)35(44)40-28-10-5-2-6-11-28)21-7-20-41-22-17-26(18-23-41)24-25-8-3-1-4-9-25/h1,3-4,8-9,12-16,19,26,28,30-33H,2,5-7,10-11,17-18,20-24H2,(H,39,43)(H,40,44)/t30-,31?,32-,33?,37?/m1/s1. The van der Waals surface area contributed by atoms with Gasteiger partial charge < -0.3 is 25.2 Å². The Morgan fingerprint density at radius 2 is 1.65 bits per heavy atom. The fourth-order valence-corrected chi connectivity index (χ4v) is 8.75. The van der Waals surface area contributed by atoms with Crippen molar-refractivity contribution < 1.29 is 19.1 Å². The van der Waals surface area contributed by atoms with Gasteiger partial charge in [0.2, 0.25) is 17.7 Å². The van der Waals surface area contributed by atoms with Crippen LogP contribution in [0.5, 0.6) is 0 Å². The summed E-state index contributed by atoms with van der Waals surface area (Å²) in [5.74, 6) is -1.36. The molecule has 8 nitrogen and oxygen atoms in total. The number of fused-ring (bicyclic) bond motifs is 1. The number of likely N-dealkylation sites (tertiary alicyclic amines) is 2. The molecule has 4 fully saturated rings. The van der Waals surface area contributed by atoms with Gasteiger partial charge in [0.1, 0.15) is 11.6 Å². The Balaban J connectivity index is 1.04. The number of piperidine rings is 1. The summed E-state index contributed by atoms with van der Waals surface area (Å²) in [6.45, 7) is 3.42. The van der Waals surface area contributed by atoms with E-state index in [0.29, 0.717) is 23.2 Å². The molecule has 4 aliphatic heterocycles. The Morgan fingerprint density at radius 1 is 0.913 bits per heavy atom. The van der Waals surface area contributed by atoms with Gasteiger partial charge in [0.05, 0.1) is 17.9 Å². The Kier molecular flexibility index (Phi) is 9.21. The minimum absolute atomic E-state index is 0.109. The average Bonchev–Trinajstić information content (AvgIpc) is 3.71. The minimum Gasteiger partial charge on any atom is -0.359 e. The number of carbonyl (C=O) groups excluding carboxylic acids is 3. The summed E-state index contributed by atoms with van der Waals surface area (Å²) in [6.07, 6.45) is 12.7. The van der Waals surface area contributed by atoms with E-state index in [2.05, 4.69) is 45.9 Å². The molecule has 2 aromatic rings. The summed E-state index contributed by atoms with van der Waals surface area (Å²) >= 11 is 6.04. The predicted octanol–water partition coefficient (Wildman–Crippen LogP) is 5.22. The molecule has 4 heterocycles. The zero-order valence-corrected chi connectivity index (χ0v) is 27.2. The van der Waals surface area contributed by atoms with E-state index < -0.39 is 29.6 Å². The van der Waals surface area contributed by atoms with Crippen molar-refractivity contribution in [1.29, 1.82) is 0 Å². The Bertz CT molecular complexity index is 1440. The molecular formula is C37H45ClN4O4. The van der Waals surface area contributed by atoms with Gasteiger partial charge in [-0.15, -0.1) is 0 Å². The molecule has 9 heteroatoms. The number of carbonyl (C=O) groups is 3. The maximum atomic E-state index is 14.3. The molecule has 1 saturated carbocycles. The van der Waals surface area contributed by atoms with Gasteiger partial charge in [0.15, 0.2) is 0 Å². The lowest BCUT2D eigenvalue weighted by Gasteiger charge is -2.35. The van der Waals surface area contributed by atoms with E-state index >= 15 is 0 Å². The molecule has 3 saturated heterocycles. The normalized spacial score (nSPS) is 29.7. The number of hydrogen-bond acceptors (Lipinski definition) is 5. The molecule has 7 rings (SSSR count). The Morgan fingerprint density at radius 3 is 2.39 bits per heavy atom. The molecule has 2 bridgehead atoms. The van der Waals surface area contributed by atoms with Crippen LogP contribution in [0.4, 0.5) is 5.69 Å². The van der Waals surface area contributed by atoms with Crippen molar-refractivity contribution in [2.24, 2.45) is 17.8 Å². The molecule has 0 aromatic heterocycles. The highest BCUT2D eigenvalue weighted by Gasteiger charge is 2.72. The third-order valence-electron chi connectivity index (χ3n) is 10.9. The quantitative estimate of drug-likeness (QED) is 0.346. The molecule has 0 radical (unpaired) electrons. The Hall–Kier alpha value is -3.20. The molecule has 3 unspecified atom stereocenters. The van der Waals surface area contributed by atoms with Gasteiger partial charge in [0.25, 0.3) is 0 Å². The highest BCUT2D eigenvalue weighted by atomic mass is 35.5. The SMILES string of the molecule is O=C(Nc1ccc(Cl)cc1)C1[C@H]2C=CC3(O2)C(C(=O)NC2CCCCC2)N(CCCN2CCC(Cc4ccccc4)CC2)C(=O)[C@@H]13. The van der Waals surface area contributed by atoms with Gasteiger partial charge in [-0.3, -0.25) is 14.4 Å². The predicted molar refractivity (Wildman–Crippen MR) is 178 cm³/mol. The van der Waals surface area contributed by atoms with Crippen molar-refractivity contribution >= 4 is 35.0 Å². The summed E-state index contributed by atoms with van der Waals surface area (Å²) in [7, 11) is 0. The van der Waals surface area contributed by atoms with E-state index in [0.717, 1.165) is 58.2 Å². The first-order valence-electron chi connectivity index (χ1n) is 17.2. The molecule has 5 atom stereocenters. The molecule has 1 aliphatic carbocycles. The summed E-state index contributed by atoms with van der Waals surface area (Å²) in [5.41, 5.74) is 0.872. The number of hydrogen-bond donors (Lipinski definition) is 2. The number of anilines is 1. The highest BCUT2D eigenvalue weighted by molar-refractivity contribution is 6.30. The van der Waals surface area contributed by atoms with Crippen molar-refractivity contribution in [3.63, 3.8) is 0 Å². The molecule has 46 heavy (non-hydrogen) atoms. The van der Waals surface area contributed by atoms with Crippen LogP contribution in [0.2, 0.25) is 5.02 Å². The van der Waals surface area contributed by atoms with Crippen LogP contribution in [0.1, 0.15) is 56.9 Å². The molecule has 1 spiro atoms. The first kappa shape index (κ1) is 31.4. The number of nitrogens with zero attached hydrogens (tertiary/aromatic N) is 2. The number of nitrogens with one attached hydrogen (secondary N) is 2. The third-order valence-corrected chi connectivity index (χ3v) is 11.2. The van der Waals surface area contributed by atoms with Crippen LogP contribution in [-0.4, -0.2) is 77.5 Å². The number of amides is 3. The maximum Gasteiger partial charge on any atom is 0.246 e. The van der Waals surface area contributed by atoms with Gasteiger partial charge in [0, 0.05) is 23.3 Å². The van der Waals surface area contributed by atoms with Crippen molar-refractivity contribution in [3.05, 3.63) is 77.3 Å². The molecule has 3 amide bonds. The van der Waals surface area contributed by atoms with Crippen LogP contribution in [0, 0.1) is 17.8 Å². The van der Waals surface area contributed by atoms with Crippen LogP contribution in [0.15, 0.2) is 66.7 Å². The molecule has 2 aromatic carbocycles. The summed E-state index contributed by atoms with van der Waals surface area (Å²) < 4.78 is 6.53. The second-order valence-electron chi connectivity index (χ2n) is 13.9. The summed E-state index contributed by atoms with van der Waals surface area (Å²) in [5, 5.41) is 6.83. The Labute approximate surface area is 276 Å². The first-order valence-corrected chi connectivity index (χ1v) is 17.6. The monoisotopic (exact) mass is 644 g/mol. The first-order chi connectivity index (χ1) is 22.4. The average molecular weight is 645 g/mol. The van der Waals surface area contributed by atoms with Crippen molar-refractivity contribution in [1.82, 2.24) is 15.1 Å². The van der Waals surface area contributed by atoms with Gasteiger partial charge >= 0.3 is 0 Å². The van der Waals surface area contributed by atoms with Crippen LogP contribution in [-0.2, 0) is 25.5 Å². The van der Waals surface area contributed by atoms with Crippen LogP contribution in [0.25, 0.3) is 0 Å². The van der Waals surface area contributed by atoms with E-state index in [1.807, 2.05) is 12.2 Å². The van der Waals surface area contributed by atoms with E-state index in [9.17, 15) is 14.4 Å². The van der Waals surface area contributed by atoms with Gasteiger partial charge in [-0.25, -0.2) is 0 Å². The zero-order valence-electron chi connectivity index (χ0n) is 26.4. The topological polar surface area (TPSA) is 91.0 Å². The number of ether oxygens (including phenoxy) is 1. The molecular weight excluding hydrogens is 600 g/mol. The summed E-state index contributed by atoms with van der Waals surface area (Å²) in [4.78, 5) is 46.3. The highest BCUT2D eigenvalue weighted by Crippen LogP contribution is 2.55. The zero-order chi connectivity index (χ0) is 31.7. The lowest BCUT2D eigenvalue weighted by Crippen LogP contribution is -2.56. The summed E-state index contributed by atoms with van der Waals surface area (Å²) in [6, 6.07) is 17.0. The fraction of sp³-hybridized carbons (Fsp3) is 0.541. The lowest BCUT2D eigenvalue weighted by atomic mass is 9.74. The van der Waals surface area contributed by atoms with E-state index in [-0.39, 0.29) is 23.8 Å². The second-order valence-corrected chi connectivity index (χ2v) is 14.3. The van der Waals surface area contributed by atoms with Crippen LogP contribution < -0.4 is 10.6 Å². The van der Waals surface area contributed by atoms with Gasteiger partial charge in [-0.2, -0.15) is 0 Å². The van der Waals surface area contributed by atoms with Gasteiger partial charge in [-0.1, -0.05) is 73.3 Å². The fourth-order valence-electron chi connectivity index (χ4n) is 8.62. The largest absolute Gasteiger partial charge is 0.359 e. The number of halogens is 1. The van der Waals surface area contributed by atoms with Crippen LogP contribution >= 0.6 is 11.6 Å². The van der Waals surface area contributed by atoms with E-state index in [4.69, 9.17) is 16.3 Å². The van der Waals surface area contributed by atoms with Crippen molar-refractivity contribution in [2.45, 2.75) is 81.6 Å². The van der Waals surface area contributed by atoms with Crippen molar-refractivity contribution in [2.75, 3.05) is 31.5 Å². The molecule has 244 valence electrons. The van der Waals surface area contributed by atoms with E-state index in [1.54, 1.807) is 29.2 Å². The second kappa shape index (κ2) is 13.5. The number of benzene rings is 2. The van der Waals surface area contributed by atoms with Crippen molar-refractivity contribution in [3.8, 4) is 0 Å². The maximum absolute atomic E-state index is 14.3. The van der Waals surface area contributed by atoms with Gasteiger partial charge in [-0.05, 0) is 93.9 Å². The van der Waals surface area contributed by atoms with Crippen LogP contribution in [0.3, 0.4) is 0 Å².